The van der Waals surface area contributed by atoms with Crippen LogP contribution in [0.1, 0.15) is 24.5 Å². The van der Waals surface area contributed by atoms with Crippen LogP contribution in [0.25, 0.3) is 0 Å². The number of rotatable bonds is 3. The Kier molecular flexibility index (Phi) is 5.10. The minimum atomic E-state index is -0.291. The van der Waals surface area contributed by atoms with Gasteiger partial charge < -0.3 is 10.5 Å². The Labute approximate surface area is 95.6 Å². The zero-order valence-electron chi connectivity index (χ0n) is 9.32. The number of benzene rings is 1. The summed E-state index contributed by atoms with van der Waals surface area (Å²) in [5, 5.41) is 0. The van der Waals surface area contributed by atoms with Crippen LogP contribution in [0.5, 0.6) is 0 Å². The van der Waals surface area contributed by atoms with Gasteiger partial charge >= 0.3 is 5.97 Å². The van der Waals surface area contributed by atoms with Gasteiger partial charge in [0, 0.05) is 12.1 Å². The molecule has 3 nitrogen and oxygen atoms in total. The van der Waals surface area contributed by atoms with E-state index in [0.717, 1.165) is 11.1 Å². The number of hydrogen-bond donors (Lipinski definition) is 1. The first-order valence-corrected chi connectivity index (χ1v) is 5.20. The van der Waals surface area contributed by atoms with Crippen molar-refractivity contribution in [2.45, 2.75) is 19.9 Å². The molecule has 0 radical (unpaired) electrons. The average Bonchev–Trinajstić information content (AvgIpc) is 2.30. The fourth-order valence-corrected chi connectivity index (χ4v) is 1.24. The zero-order valence-corrected chi connectivity index (χ0v) is 9.32. The van der Waals surface area contributed by atoms with E-state index in [0.29, 0.717) is 13.2 Å². The highest BCUT2D eigenvalue weighted by atomic mass is 16.5. The highest BCUT2D eigenvalue weighted by molar-refractivity contribution is 5.72. The normalized spacial score (nSPS) is 9.12. The van der Waals surface area contributed by atoms with Gasteiger partial charge in [-0.25, -0.2) is 0 Å². The third-order valence-electron chi connectivity index (χ3n) is 2.00. The Morgan fingerprint density at radius 3 is 2.88 bits per heavy atom. The molecule has 1 rings (SSSR count). The highest BCUT2D eigenvalue weighted by Crippen LogP contribution is 2.05. The molecule has 0 saturated carbocycles. The third kappa shape index (κ3) is 3.76. The predicted molar refractivity (Wildman–Crippen MR) is 62.5 cm³/mol. The van der Waals surface area contributed by atoms with Crippen LogP contribution in [0.3, 0.4) is 0 Å². The van der Waals surface area contributed by atoms with Crippen molar-refractivity contribution >= 4 is 5.97 Å². The molecule has 0 bridgehead atoms. The molecule has 0 saturated heterocycles. The van der Waals surface area contributed by atoms with E-state index < -0.39 is 0 Å². The van der Waals surface area contributed by atoms with Gasteiger partial charge in [0.25, 0.3) is 0 Å². The minimum absolute atomic E-state index is 0.118. The first-order valence-electron chi connectivity index (χ1n) is 5.20. The molecule has 0 unspecified atom stereocenters. The van der Waals surface area contributed by atoms with E-state index in [1.165, 1.54) is 0 Å². The van der Waals surface area contributed by atoms with Gasteiger partial charge in [0.15, 0.2) is 0 Å². The van der Waals surface area contributed by atoms with E-state index in [-0.39, 0.29) is 12.4 Å². The molecule has 0 atom stereocenters. The first-order chi connectivity index (χ1) is 7.77. The topological polar surface area (TPSA) is 52.3 Å². The average molecular weight is 217 g/mol. The number of esters is 1. The fraction of sp³-hybridized carbons (Fsp3) is 0.308. The van der Waals surface area contributed by atoms with E-state index in [2.05, 4.69) is 11.8 Å². The molecule has 0 heterocycles. The maximum absolute atomic E-state index is 11.0. The molecule has 0 amide bonds. The molecule has 0 fully saturated rings. The SMILES string of the molecule is CCOC(=O)CC#Cc1ccccc1CN. The van der Waals surface area contributed by atoms with Crippen molar-refractivity contribution in [3.63, 3.8) is 0 Å². The largest absolute Gasteiger partial charge is 0.465 e. The lowest BCUT2D eigenvalue weighted by atomic mass is 10.1. The summed E-state index contributed by atoms with van der Waals surface area (Å²) in [6, 6.07) is 7.63. The number of hydrogen-bond acceptors (Lipinski definition) is 3. The van der Waals surface area contributed by atoms with Crippen molar-refractivity contribution in [1.82, 2.24) is 0 Å². The first kappa shape index (κ1) is 12.3. The molecule has 0 aliphatic carbocycles. The van der Waals surface area contributed by atoms with Crippen molar-refractivity contribution in [3.05, 3.63) is 35.4 Å². The van der Waals surface area contributed by atoms with Crippen LogP contribution in [0.2, 0.25) is 0 Å². The summed E-state index contributed by atoms with van der Waals surface area (Å²) in [7, 11) is 0. The van der Waals surface area contributed by atoms with Gasteiger partial charge in [-0.2, -0.15) is 0 Å². The molecular weight excluding hydrogens is 202 g/mol. The van der Waals surface area contributed by atoms with Gasteiger partial charge in [0.05, 0.1) is 6.61 Å². The summed E-state index contributed by atoms with van der Waals surface area (Å²) in [5.74, 6) is 5.41. The lowest BCUT2D eigenvalue weighted by Gasteiger charge is -1.99. The quantitative estimate of drug-likeness (QED) is 0.616. The monoisotopic (exact) mass is 217 g/mol. The molecule has 16 heavy (non-hydrogen) atoms. The molecule has 0 aliphatic heterocycles. The Bertz CT molecular complexity index is 415. The number of carbonyl (C=O) groups is 1. The van der Waals surface area contributed by atoms with Crippen LogP contribution < -0.4 is 5.73 Å². The third-order valence-corrected chi connectivity index (χ3v) is 2.00. The summed E-state index contributed by atoms with van der Waals surface area (Å²) in [4.78, 5) is 11.0. The summed E-state index contributed by atoms with van der Waals surface area (Å²) >= 11 is 0. The molecule has 0 aliphatic rings. The maximum atomic E-state index is 11.0. The van der Waals surface area contributed by atoms with Crippen LogP contribution >= 0.6 is 0 Å². The van der Waals surface area contributed by atoms with Crippen LogP contribution in [0.15, 0.2) is 24.3 Å². The summed E-state index contributed by atoms with van der Waals surface area (Å²) in [5.41, 5.74) is 7.43. The lowest BCUT2D eigenvalue weighted by Crippen LogP contribution is -2.02. The van der Waals surface area contributed by atoms with Crippen molar-refractivity contribution in [1.29, 1.82) is 0 Å². The Morgan fingerprint density at radius 2 is 2.19 bits per heavy atom. The molecule has 84 valence electrons. The second-order valence-corrected chi connectivity index (χ2v) is 3.14. The molecule has 0 spiro atoms. The molecule has 0 aromatic heterocycles. The highest BCUT2D eigenvalue weighted by Gasteiger charge is 1.97. The van der Waals surface area contributed by atoms with Crippen molar-refractivity contribution in [3.8, 4) is 11.8 Å². The predicted octanol–water partition coefficient (Wildman–Crippen LogP) is 1.45. The van der Waals surface area contributed by atoms with Gasteiger partial charge in [0.2, 0.25) is 0 Å². The van der Waals surface area contributed by atoms with E-state index in [4.69, 9.17) is 10.5 Å². The summed E-state index contributed by atoms with van der Waals surface area (Å²) < 4.78 is 4.77. The second kappa shape index (κ2) is 6.65. The van der Waals surface area contributed by atoms with Crippen LogP contribution in [-0.2, 0) is 16.1 Å². The molecule has 1 aromatic rings. The molecular formula is C13H15NO2. The van der Waals surface area contributed by atoms with Crippen LogP contribution in [-0.4, -0.2) is 12.6 Å². The van der Waals surface area contributed by atoms with Gasteiger partial charge in [-0.15, -0.1) is 0 Å². The molecule has 2 N–H and O–H groups in total. The molecule has 3 heteroatoms. The van der Waals surface area contributed by atoms with Gasteiger partial charge in [-0.05, 0) is 18.6 Å². The van der Waals surface area contributed by atoms with E-state index in [1.54, 1.807) is 6.92 Å². The van der Waals surface area contributed by atoms with E-state index in [9.17, 15) is 4.79 Å². The number of carbonyl (C=O) groups excluding carboxylic acids is 1. The van der Waals surface area contributed by atoms with Crippen molar-refractivity contribution in [2.24, 2.45) is 5.73 Å². The van der Waals surface area contributed by atoms with Crippen LogP contribution in [0, 0.1) is 11.8 Å². The minimum Gasteiger partial charge on any atom is -0.465 e. The summed E-state index contributed by atoms with van der Waals surface area (Å²) in [6.45, 7) is 2.61. The zero-order chi connectivity index (χ0) is 11.8. The van der Waals surface area contributed by atoms with Crippen molar-refractivity contribution in [2.75, 3.05) is 6.61 Å². The van der Waals surface area contributed by atoms with E-state index in [1.807, 2.05) is 24.3 Å². The smallest absolute Gasteiger partial charge is 0.317 e. The Hall–Kier alpha value is -1.79. The van der Waals surface area contributed by atoms with E-state index >= 15 is 0 Å². The van der Waals surface area contributed by atoms with Crippen LogP contribution in [0.4, 0.5) is 0 Å². The van der Waals surface area contributed by atoms with Crippen molar-refractivity contribution < 1.29 is 9.53 Å². The standard InChI is InChI=1S/C13H15NO2/c1-2-16-13(15)9-5-8-11-6-3-4-7-12(11)10-14/h3-4,6-7H,2,9-10,14H2,1H3. The Balaban J connectivity index is 2.66. The Morgan fingerprint density at radius 1 is 1.44 bits per heavy atom. The fourth-order valence-electron chi connectivity index (χ4n) is 1.24. The van der Waals surface area contributed by atoms with Gasteiger partial charge in [-0.3, -0.25) is 4.79 Å². The van der Waals surface area contributed by atoms with Gasteiger partial charge in [0.1, 0.15) is 6.42 Å². The number of ether oxygens (including phenoxy) is 1. The molecule has 1 aromatic carbocycles. The summed E-state index contributed by atoms with van der Waals surface area (Å²) in [6.07, 6.45) is 0.118. The second-order valence-electron chi connectivity index (χ2n) is 3.14. The lowest BCUT2D eigenvalue weighted by molar-refractivity contribution is -0.141. The van der Waals surface area contributed by atoms with Gasteiger partial charge in [-0.1, -0.05) is 30.0 Å². The number of nitrogens with two attached hydrogens (primary N) is 1. The maximum Gasteiger partial charge on any atom is 0.317 e.